The molecule has 2 aromatic rings. The molecule has 1 aromatic heterocycles. The summed E-state index contributed by atoms with van der Waals surface area (Å²) in [6.07, 6.45) is 2.65. The third-order valence-electron chi connectivity index (χ3n) is 5.25. The Balaban J connectivity index is 0.00000150. The van der Waals surface area contributed by atoms with Crippen molar-refractivity contribution in [2.24, 2.45) is 5.92 Å². The smallest absolute Gasteiger partial charge is 0.298 e. The second-order valence-electron chi connectivity index (χ2n) is 7.15. The van der Waals surface area contributed by atoms with Crippen LogP contribution in [0.25, 0.3) is 11.1 Å². The molecule has 2 aliphatic rings. The van der Waals surface area contributed by atoms with Gasteiger partial charge in [-0.05, 0) is 31.4 Å². The molecule has 4 rings (SSSR count). The Morgan fingerprint density at radius 2 is 2.10 bits per heavy atom. The molecule has 2 N–H and O–H groups in total. The number of piperidine rings is 1. The van der Waals surface area contributed by atoms with Gasteiger partial charge in [0.1, 0.15) is 5.52 Å². The number of rotatable bonds is 5. The van der Waals surface area contributed by atoms with Crippen LogP contribution in [-0.4, -0.2) is 56.3 Å². The molecule has 0 bridgehead atoms. The lowest BCUT2D eigenvalue weighted by Crippen LogP contribution is -2.43. The summed E-state index contributed by atoms with van der Waals surface area (Å²) in [5.41, 5.74) is 1.49. The zero-order chi connectivity index (χ0) is 18.6. The molecule has 1 atom stereocenters. The number of amides is 1. The van der Waals surface area contributed by atoms with Gasteiger partial charge in [-0.1, -0.05) is 11.6 Å². The highest BCUT2D eigenvalue weighted by Crippen LogP contribution is 2.28. The average Bonchev–Trinajstić information content (AvgIpc) is 3.12. The molecule has 3 heterocycles. The van der Waals surface area contributed by atoms with Gasteiger partial charge in [-0.3, -0.25) is 4.79 Å². The molecule has 0 radical (unpaired) electrons. The lowest BCUT2D eigenvalue weighted by atomic mass is 9.96. The third-order valence-corrected chi connectivity index (χ3v) is 5.48. The van der Waals surface area contributed by atoms with Crippen molar-refractivity contribution in [3.05, 3.63) is 23.2 Å². The van der Waals surface area contributed by atoms with Crippen LogP contribution in [0.4, 0.5) is 6.01 Å². The predicted octanol–water partition coefficient (Wildman–Crippen LogP) is 3.04. The Hall–Kier alpha value is -1.25. The number of nitrogens with zero attached hydrogens (tertiary/aromatic N) is 2. The van der Waals surface area contributed by atoms with Crippen molar-refractivity contribution in [1.82, 2.24) is 15.6 Å². The highest BCUT2D eigenvalue weighted by atomic mass is 35.5. The average molecular weight is 466 g/mol. The summed E-state index contributed by atoms with van der Waals surface area (Å²) in [5.74, 6) is 0.188. The van der Waals surface area contributed by atoms with E-state index in [1.165, 1.54) is 0 Å². The molecule has 10 heteroatoms. The largest absolute Gasteiger partial charge is 0.423 e. The molecule has 2 saturated heterocycles. The lowest BCUT2D eigenvalue weighted by Gasteiger charge is -2.30. The van der Waals surface area contributed by atoms with E-state index < -0.39 is 0 Å². The minimum atomic E-state index is 0. The van der Waals surface area contributed by atoms with Gasteiger partial charge in [0.2, 0.25) is 5.91 Å². The molecule has 29 heavy (non-hydrogen) atoms. The van der Waals surface area contributed by atoms with Gasteiger partial charge in [0.05, 0.1) is 12.7 Å². The highest BCUT2D eigenvalue weighted by Gasteiger charge is 2.27. The van der Waals surface area contributed by atoms with Crippen molar-refractivity contribution >= 4 is 59.4 Å². The van der Waals surface area contributed by atoms with Crippen molar-refractivity contribution in [3.63, 3.8) is 0 Å². The number of halogens is 3. The van der Waals surface area contributed by atoms with Gasteiger partial charge in [-0.25, -0.2) is 0 Å². The van der Waals surface area contributed by atoms with Crippen molar-refractivity contribution in [3.8, 4) is 0 Å². The van der Waals surface area contributed by atoms with E-state index in [2.05, 4.69) is 20.5 Å². The van der Waals surface area contributed by atoms with E-state index in [1.54, 1.807) is 12.1 Å². The van der Waals surface area contributed by atoms with Crippen LogP contribution >= 0.6 is 36.4 Å². The minimum absolute atomic E-state index is 0. The number of ether oxygens (including phenoxy) is 1. The van der Waals surface area contributed by atoms with E-state index in [0.29, 0.717) is 23.2 Å². The summed E-state index contributed by atoms with van der Waals surface area (Å²) in [7, 11) is 0. The van der Waals surface area contributed by atoms with Crippen LogP contribution in [0.2, 0.25) is 5.02 Å². The molecule has 0 spiro atoms. The molecular formula is C19H27Cl3N4O3. The van der Waals surface area contributed by atoms with Crippen molar-refractivity contribution in [2.75, 3.05) is 44.2 Å². The Labute approximate surface area is 187 Å². The number of morpholine rings is 1. The monoisotopic (exact) mass is 464 g/mol. The number of oxazole rings is 1. The number of hydrogen-bond acceptors (Lipinski definition) is 6. The molecule has 1 unspecified atom stereocenters. The number of carbonyl (C=O) groups excluding carboxylic acids is 1. The van der Waals surface area contributed by atoms with Gasteiger partial charge >= 0.3 is 0 Å². The first-order valence-corrected chi connectivity index (χ1v) is 9.98. The van der Waals surface area contributed by atoms with Crippen molar-refractivity contribution in [1.29, 1.82) is 0 Å². The van der Waals surface area contributed by atoms with E-state index in [4.69, 9.17) is 20.8 Å². The van der Waals surface area contributed by atoms with Gasteiger partial charge < -0.3 is 24.7 Å². The first-order chi connectivity index (χ1) is 13.2. The zero-order valence-electron chi connectivity index (χ0n) is 16.1. The fraction of sp³-hybridized carbons (Fsp3) is 0.579. The van der Waals surface area contributed by atoms with Crippen LogP contribution in [0.5, 0.6) is 0 Å². The highest BCUT2D eigenvalue weighted by molar-refractivity contribution is 6.31. The van der Waals surface area contributed by atoms with Crippen LogP contribution in [0.1, 0.15) is 19.3 Å². The summed E-state index contributed by atoms with van der Waals surface area (Å²) >= 11 is 6.00. The van der Waals surface area contributed by atoms with Gasteiger partial charge in [0.25, 0.3) is 6.01 Å². The van der Waals surface area contributed by atoms with E-state index in [-0.39, 0.29) is 42.7 Å². The third kappa shape index (κ3) is 6.12. The first kappa shape index (κ1) is 24.0. The van der Waals surface area contributed by atoms with Gasteiger partial charge in [0.15, 0.2) is 5.58 Å². The van der Waals surface area contributed by atoms with Crippen LogP contribution in [0.15, 0.2) is 22.6 Å². The molecule has 1 amide bonds. The summed E-state index contributed by atoms with van der Waals surface area (Å²) in [6.45, 7) is 4.71. The van der Waals surface area contributed by atoms with Crippen molar-refractivity contribution < 1.29 is 13.9 Å². The molecular weight excluding hydrogens is 439 g/mol. The number of hydrogen-bond donors (Lipinski definition) is 2. The SMILES string of the molecule is Cl.Cl.O=C(NCCC1CNCCO1)C1CCN(c2nc3ccc(Cl)cc3o2)CC1. The van der Waals surface area contributed by atoms with Gasteiger partial charge in [0, 0.05) is 49.7 Å². The number of aromatic nitrogens is 1. The Morgan fingerprint density at radius 1 is 1.31 bits per heavy atom. The van der Waals surface area contributed by atoms with Crippen LogP contribution in [0, 0.1) is 5.92 Å². The zero-order valence-corrected chi connectivity index (χ0v) is 18.5. The molecule has 162 valence electrons. The molecule has 0 aliphatic carbocycles. The van der Waals surface area contributed by atoms with Crippen molar-refractivity contribution in [2.45, 2.75) is 25.4 Å². The maximum absolute atomic E-state index is 12.4. The maximum atomic E-state index is 12.4. The second kappa shape index (κ2) is 11.2. The number of nitrogens with one attached hydrogen (secondary N) is 2. The molecule has 2 aliphatic heterocycles. The molecule has 2 fully saturated rings. The van der Waals surface area contributed by atoms with Gasteiger partial charge in [-0.2, -0.15) is 4.98 Å². The Morgan fingerprint density at radius 3 is 2.83 bits per heavy atom. The summed E-state index contributed by atoms with van der Waals surface area (Å²) in [4.78, 5) is 19.0. The van der Waals surface area contributed by atoms with Crippen LogP contribution in [0.3, 0.4) is 0 Å². The summed E-state index contributed by atoms with van der Waals surface area (Å²) in [5, 5.41) is 7.00. The minimum Gasteiger partial charge on any atom is -0.423 e. The van der Waals surface area contributed by atoms with Gasteiger partial charge in [-0.15, -0.1) is 24.8 Å². The molecule has 0 saturated carbocycles. The predicted molar refractivity (Wildman–Crippen MR) is 119 cm³/mol. The number of benzene rings is 1. The van der Waals surface area contributed by atoms with E-state index >= 15 is 0 Å². The topological polar surface area (TPSA) is 79.6 Å². The Kier molecular flexibility index (Phi) is 9.30. The standard InChI is InChI=1S/C19H25ClN4O3.2ClH/c20-14-1-2-16-17(11-14)27-19(23-16)24-8-4-13(5-9-24)18(25)22-6-3-15-12-21-7-10-26-15;;/h1-2,11,13,15,21H,3-10,12H2,(H,22,25);2*1H. The van der Waals surface area contributed by atoms with E-state index in [9.17, 15) is 4.79 Å². The quantitative estimate of drug-likeness (QED) is 0.706. The molecule has 7 nitrogen and oxygen atoms in total. The second-order valence-corrected chi connectivity index (χ2v) is 7.58. The number of carbonyl (C=O) groups is 1. The number of fused-ring (bicyclic) bond motifs is 1. The molecule has 1 aromatic carbocycles. The van der Waals surface area contributed by atoms with E-state index in [0.717, 1.165) is 57.6 Å². The van der Waals surface area contributed by atoms with Crippen LogP contribution in [-0.2, 0) is 9.53 Å². The summed E-state index contributed by atoms with van der Waals surface area (Å²) in [6, 6.07) is 6.05. The Bertz CT molecular complexity index is 790. The number of anilines is 1. The first-order valence-electron chi connectivity index (χ1n) is 9.60. The fourth-order valence-electron chi connectivity index (χ4n) is 3.66. The fourth-order valence-corrected chi connectivity index (χ4v) is 3.82. The lowest BCUT2D eigenvalue weighted by molar-refractivity contribution is -0.125. The normalized spacial score (nSPS) is 20.0. The maximum Gasteiger partial charge on any atom is 0.298 e. The van der Waals surface area contributed by atoms with E-state index in [1.807, 2.05) is 6.07 Å². The van der Waals surface area contributed by atoms with Crippen LogP contribution < -0.4 is 15.5 Å². The summed E-state index contributed by atoms with van der Waals surface area (Å²) < 4.78 is 11.5.